The molecule has 2 atom stereocenters. The van der Waals surface area contributed by atoms with Crippen LogP contribution in [-0.2, 0) is 11.2 Å². The lowest BCUT2D eigenvalue weighted by atomic mass is 10.0. The van der Waals surface area contributed by atoms with E-state index in [4.69, 9.17) is 0 Å². The van der Waals surface area contributed by atoms with Gasteiger partial charge in [-0.3, -0.25) is 4.79 Å². The maximum Gasteiger partial charge on any atom is 0.237 e. The van der Waals surface area contributed by atoms with Crippen molar-refractivity contribution in [1.82, 2.24) is 10.6 Å². The topological polar surface area (TPSA) is 61.4 Å². The SMILES string of the molecule is CC(CCc1ccc(O)cc1)NC(=O)[C@@H]1CCCCN1. The zero-order chi connectivity index (χ0) is 14.4. The predicted molar refractivity (Wildman–Crippen MR) is 79.7 cm³/mol. The first kappa shape index (κ1) is 14.9. The molecule has 2 rings (SSSR count). The molecule has 110 valence electrons. The Morgan fingerprint density at radius 1 is 1.40 bits per heavy atom. The number of amides is 1. The highest BCUT2D eigenvalue weighted by atomic mass is 16.3. The van der Waals surface area contributed by atoms with E-state index in [9.17, 15) is 9.90 Å². The molecule has 0 bridgehead atoms. The Kier molecular flexibility index (Phi) is 5.41. The highest BCUT2D eigenvalue weighted by Crippen LogP contribution is 2.12. The van der Waals surface area contributed by atoms with Crippen LogP contribution in [0.2, 0.25) is 0 Å². The highest BCUT2D eigenvalue weighted by Gasteiger charge is 2.21. The van der Waals surface area contributed by atoms with Gasteiger partial charge in [-0.1, -0.05) is 18.6 Å². The molecule has 0 radical (unpaired) electrons. The summed E-state index contributed by atoms with van der Waals surface area (Å²) in [5.41, 5.74) is 1.18. The van der Waals surface area contributed by atoms with Crippen LogP contribution in [0.15, 0.2) is 24.3 Å². The van der Waals surface area contributed by atoms with Crippen molar-refractivity contribution in [2.45, 2.75) is 51.1 Å². The van der Waals surface area contributed by atoms with Crippen LogP contribution in [0, 0.1) is 0 Å². The molecule has 0 spiro atoms. The molecule has 0 saturated carbocycles. The lowest BCUT2D eigenvalue weighted by molar-refractivity contribution is -0.124. The third kappa shape index (κ3) is 4.53. The second-order valence-electron chi connectivity index (χ2n) is 5.62. The molecular weight excluding hydrogens is 252 g/mol. The lowest BCUT2D eigenvalue weighted by Gasteiger charge is -2.24. The fourth-order valence-corrected chi connectivity index (χ4v) is 2.54. The second kappa shape index (κ2) is 7.29. The van der Waals surface area contributed by atoms with Gasteiger partial charge in [-0.25, -0.2) is 0 Å². The monoisotopic (exact) mass is 276 g/mol. The molecule has 1 heterocycles. The predicted octanol–water partition coefficient (Wildman–Crippen LogP) is 1.97. The minimum Gasteiger partial charge on any atom is -0.508 e. The van der Waals surface area contributed by atoms with Crippen LogP contribution in [-0.4, -0.2) is 29.6 Å². The molecule has 1 unspecified atom stereocenters. The Labute approximate surface area is 120 Å². The van der Waals surface area contributed by atoms with Crippen molar-refractivity contribution in [3.63, 3.8) is 0 Å². The third-order valence-electron chi connectivity index (χ3n) is 3.82. The van der Waals surface area contributed by atoms with Gasteiger partial charge in [0.25, 0.3) is 0 Å². The lowest BCUT2D eigenvalue weighted by Crippen LogP contribution is -2.49. The molecule has 4 nitrogen and oxygen atoms in total. The quantitative estimate of drug-likeness (QED) is 0.770. The highest BCUT2D eigenvalue weighted by molar-refractivity contribution is 5.82. The molecule has 3 N–H and O–H groups in total. The minimum atomic E-state index is -0.0140. The fraction of sp³-hybridized carbons (Fsp3) is 0.562. The number of aromatic hydroxyl groups is 1. The summed E-state index contributed by atoms with van der Waals surface area (Å²) in [6.07, 6.45) is 5.05. The van der Waals surface area contributed by atoms with E-state index in [1.54, 1.807) is 12.1 Å². The Bertz CT molecular complexity index is 425. The number of aryl methyl sites for hydroxylation is 1. The molecule has 1 amide bonds. The molecule has 1 aromatic carbocycles. The average molecular weight is 276 g/mol. The van der Waals surface area contributed by atoms with E-state index >= 15 is 0 Å². The van der Waals surface area contributed by atoms with Crippen molar-refractivity contribution in [2.75, 3.05) is 6.54 Å². The van der Waals surface area contributed by atoms with Gasteiger partial charge in [-0.2, -0.15) is 0 Å². The summed E-state index contributed by atoms with van der Waals surface area (Å²) in [7, 11) is 0. The minimum absolute atomic E-state index is 0.0140. The Balaban J connectivity index is 1.73. The van der Waals surface area contributed by atoms with Gasteiger partial charge >= 0.3 is 0 Å². The number of hydrogen-bond donors (Lipinski definition) is 3. The molecule has 0 aliphatic carbocycles. The third-order valence-corrected chi connectivity index (χ3v) is 3.82. The summed E-state index contributed by atoms with van der Waals surface area (Å²) in [6.45, 7) is 2.99. The van der Waals surface area contributed by atoms with Crippen molar-refractivity contribution in [3.8, 4) is 5.75 Å². The van der Waals surface area contributed by atoms with Gasteiger partial charge in [0, 0.05) is 6.04 Å². The summed E-state index contributed by atoms with van der Waals surface area (Å²) in [6, 6.07) is 7.40. The van der Waals surface area contributed by atoms with Crippen LogP contribution in [0.25, 0.3) is 0 Å². The molecule has 1 saturated heterocycles. The van der Waals surface area contributed by atoms with E-state index in [0.29, 0.717) is 5.75 Å². The first-order valence-electron chi connectivity index (χ1n) is 7.47. The zero-order valence-corrected chi connectivity index (χ0v) is 12.1. The fourth-order valence-electron chi connectivity index (χ4n) is 2.54. The summed E-state index contributed by atoms with van der Waals surface area (Å²) < 4.78 is 0. The summed E-state index contributed by atoms with van der Waals surface area (Å²) in [5.74, 6) is 0.418. The van der Waals surface area contributed by atoms with Gasteiger partial charge in [-0.15, -0.1) is 0 Å². The van der Waals surface area contributed by atoms with Crippen molar-refractivity contribution >= 4 is 5.91 Å². The molecule has 1 fully saturated rings. The molecule has 1 aromatic rings. The first-order chi connectivity index (χ1) is 9.65. The van der Waals surface area contributed by atoms with Crippen molar-refractivity contribution < 1.29 is 9.90 Å². The molecule has 1 aliphatic heterocycles. The number of hydrogen-bond acceptors (Lipinski definition) is 3. The summed E-state index contributed by atoms with van der Waals surface area (Å²) in [5, 5.41) is 15.6. The van der Waals surface area contributed by atoms with Crippen LogP contribution >= 0.6 is 0 Å². The van der Waals surface area contributed by atoms with Gasteiger partial charge in [-0.05, 0) is 56.8 Å². The van der Waals surface area contributed by atoms with Crippen LogP contribution in [0.3, 0.4) is 0 Å². The van der Waals surface area contributed by atoms with Crippen LogP contribution in [0.4, 0.5) is 0 Å². The number of phenols is 1. The van der Waals surface area contributed by atoms with Crippen LogP contribution < -0.4 is 10.6 Å². The van der Waals surface area contributed by atoms with Crippen molar-refractivity contribution in [3.05, 3.63) is 29.8 Å². The number of benzene rings is 1. The number of rotatable bonds is 5. The smallest absolute Gasteiger partial charge is 0.237 e. The standard InChI is InChI=1S/C16H24N2O2/c1-12(5-6-13-7-9-14(19)10-8-13)18-16(20)15-4-2-3-11-17-15/h7-10,12,15,17,19H,2-6,11H2,1H3,(H,18,20)/t12?,15-/m0/s1. The maximum atomic E-state index is 12.1. The van der Waals surface area contributed by atoms with Crippen LogP contribution in [0.1, 0.15) is 38.2 Å². The van der Waals surface area contributed by atoms with E-state index in [2.05, 4.69) is 10.6 Å². The van der Waals surface area contributed by atoms with Crippen molar-refractivity contribution in [2.24, 2.45) is 0 Å². The average Bonchev–Trinajstić information content (AvgIpc) is 2.47. The Morgan fingerprint density at radius 3 is 2.80 bits per heavy atom. The van der Waals surface area contributed by atoms with Gasteiger partial charge in [0.05, 0.1) is 6.04 Å². The molecule has 20 heavy (non-hydrogen) atoms. The number of carbonyl (C=O) groups is 1. The van der Waals surface area contributed by atoms with Crippen LogP contribution in [0.5, 0.6) is 5.75 Å². The Hall–Kier alpha value is -1.55. The number of nitrogens with one attached hydrogen (secondary N) is 2. The Morgan fingerprint density at radius 2 is 2.15 bits per heavy atom. The maximum absolute atomic E-state index is 12.1. The summed E-state index contributed by atoms with van der Waals surface area (Å²) in [4.78, 5) is 12.1. The molecular formula is C16H24N2O2. The molecule has 4 heteroatoms. The van der Waals surface area contributed by atoms with E-state index in [1.807, 2.05) is 19.1 Å². The largest absolute Gasteiger partial charge is 0.508 e. The van der Waals surface area contributed by atoms with Crippen molar-refractivity contribution in [1.29, 1.82) is 0 Å². The first-order valence-corrected chi connectivity index (χ1v) is 7.47. The van der Waals surface area contributed by atoms with Gasteiger partial charge in [0.2, 0.25) is 5.91 Å². The van der Waals surface area contributed by atoms with E-state index in [-0.39, 0.29) is 18.0 Å². The van der Waals surface area contributed by atoms with Gasteiger partial charge in [0.15, 0.2) is 0 Å². The van der Waals surface area contributed by atoms with E-state index in [0.717, 1.165) is 32.2 Å². The molecule has 0 aromatic heterocycles. The zero-order valence-electron chi connectivity index (χ0n) is 12.1. The van der Waals surface area contributed by atoms with E-state index < -0.39 is 0 Å². The molecule has 1 aliphatic rings. The van der Waals surface area contributed by atoms with E-state index in [1.165, 1.54) is 12.0 Å². The van der Waals surface area contributed by atoms with Gasteiger partial charge < -0.3 is 15.7 Å². The van der Waals surface area contributed by atoms with Gasteiger partial charge in [0.1, 0.15) is 5.75 Å². The number of piperidine rings is 1. The number of phenolic OH excluding ortho intramolecular Hbond substituents is 1. The normalized spacial score (nSPS) is 20.4. The second-order valence-corrected chi connectivity index (χ2v) is 5.62. The number of carbonyl (C=O) groups excluding carboxylic acids is 1. The summed E-state index contributed by atoms with van der Waals surface area (Å²) >= 11 is 0.